The van der Waals surface area contributed by atoms with Crippen LogP contribution in [0.5, 0.6) is 0 Å². The molecule has 2 aromatic carbocycles. The molecule has 1 aliphatic carbocycles. The zero-order chi connectivity index (χ0) is 18.1. The molecule has 0 radical (unpaired) electrons. The van der Waals surface area contributed by atoms with E-state index in [1.165, 1.54) is 8.52 Å². The molecule has 0 bridgehead atoms. The molecule has 128 valence electrons. The van der Waals surface area contributed by atoms with Crippen molar-refractivity contribution in [2.75, 3.05) is 0 Å². The van der Waals surface area contributed by atoms with Crippen LogP contribution in [0.25, 0.3) is 33.9 Å². The van der Waals surface area contributed by atoms with Crippen LogP contribution in [0.4, 0.5) is 0 Å². The van der Waals surface area contributed by atoms with Gasteiger partial charge in [-0.2, -0.15) is 0 Å². The Hall–Kier alpha value is -1.70. The fourth-order valence-corrected chi connectivity index (χ4v) is 13.5. The Bertz CT molecular complexity index is 1400. The van der Waals surface area contributed by atoms with Crippen molar-refractivity contribution in [1.82, 2.24) is 0 Å². The maximum atomic E-state index is 12.9. The molecule has 0 unspecified atom stereocenters. The van der Waals surface area contributed by atoms with Crippen molar-refractivity contribution in [3.63, 3.8) is 0 Å². The van der Waals surface area contributed by atoms with Crippen molar-refractivity contribution in [3.8, 4) is 0 Å². The molecule has 6 rings (SSSR count). The van der Waals surface area contributed by atoms with Crippen LogP contribution in [0.15, 0.2) is 59.0 Å². The first-order valence-corrected chi connectivity index (χ1v) is 13.7. The summed E-state index contributed by atoms with van der Waals surface area (Å²) >= 11 is 1.10. The molecule has 0 spiro atoms. The summed E-state index contributed by atoms with van der Waals surface area (Å²) in [4.78, 5) is 28.2. The first-order chi connectivity index (χ1) is 13.2. The van der Waals surface area contributed by atoms with Gasteiger partial charge >= 0.3 is 173 Å². The van der Waals surface area contributed by atoms with E-state index in [9.17, 15) is 9.59 Å². The predicted octanol–water partition coefficient (Wildman–Crippen LogP) is 3.78. The SMILES string of the molecule is O=C1C(=Cc2cc3[se]c4cc[se]c4c3[se]2)C(=O)c2cc3ccccc3cc21. The Morgan fingerprint density at radius 1 is 0.741 bits per heavy atom. The Kier molecular flexibility index (Phi) is 3.55. The third-order valence-electron chi connectivity index (χ3n) is 4.92. The van der Waals surface area contributed by atoms with Crippen LogP contribution in [0.2, 0.25) is 0 Å². The number of fused-ring (bicyclic) bond motifs is 5. The molecule has 3 heterocycles. The Morgan fingerprint density at radius 2 is 1.44 bits per heavy atom. The number of carbonyl (C=O) groups is 2. The van der Waals surface area contributed by atoms with Gasteiger partial charge in [0.05, 0.1) is 0 Å². The second-order valence-corrected chi connectivity index (χ2v) is 13.0. The predicted molar refractivity (Wildman–Crippen MR) is 113 cm³/mol. The average Bonchev–Trinajstić information content (AvgIpc) is 3.39. The van der Waals surface area contributed by atoms with Gasteiger partial charge < -0.3 is 0 Å². The average molecular weight is 543 g/mol. The summed E-state index contributed by atoms with van der Waals surface area (Å²) in [6, 6.07) is 16.1. The Balaban J connectivity index is 1.50. The van der Waals surface area contributed by atoms with Crippen molar-refractivity contribution >= 4 is 89.0 Å². The fraction of sp³-hybridized carbons (Fsp3) is 0. The van der Waals surface area contributed by atoms with Gasteiger partial charge in [-0.15, -0.1) is 0 Å². The minimum absolute atomic E-state index is 0.123. The number of benzene rings is 2. The van der Waals surface area contributed by atoms with E-state index in [0.29, 0.717) is 45.7 Å². The molecule has 5 heteroatoms. The van der Waals surface area contributed by atoms with E-state index in [0.717, 1.165) is 15.2 Å². The van der Waals surface area contributed by atoms with E-state index in [1.807, 2.05) is 42.5 Å². The first kappa shape index (κ1) is 16.3. The van der Waals surface area contributed by atoms with Gasteiger partial charge in [0.15, 0.2) is 0 Å². The summed E-state index contributed by atoms with van der Waals surface area (Å²) in [5, 5.41) is 2.00. The van der Waals surface area contributed by atoms with Gasteiger partial charge in [0.2, 0.25) is 0 Å². The molecule has 0 saturated heterocycles. The summed E-state index contributed by atoms with van der Waals surface area (Å²) in [5.74, 6) is -0.247. The zero-order valence-corrected chi connectivity index (χ0v) is 19.0. The van der Waals surface area contributed by atoms with Crippen LogP contribution in [-0.2, 0) is 0 Å². The topological polar surface area (TPSA) is 34.1 Å². The third-order valence-corrected chi connectivity index (χ3v) is 13.5. The summed E-state index contributed by atoms with van der Waals surface area (Å²) in [6.45, 7) is 0. The number of hydrogen-bond donors (Lipinski definition) is 0. The second-order valence-electron chi connectivity index (χ2n) is 6.52. The van der Waals surface area contributed by atoms with E-state index in [1.54, 1.807) is 8.52 Å². The van der Waals surface area contributed by atoms with Crippen LogP contribution in [0.1, 0.15) is 25.2 Å². The van der Waals surface area contributed by atoms with Crippen molar-refractivity contribution in [2.24, 2.45) is 0 Å². The molecule has 0 aliphatic heterocycles. The van der Waals surface area contributed by atoms with Crippen molar-refractivity contribution in [2.45, 2.75) is 0 Å². The van der Waals surface area contributed by atoms with Gasteiger partial charge in [0, 0.05) is 0 Å². The van der Waals surface area contributed by atoms with Gasteiger partial charge in [0.25, 0.3) is 0 Å². The molecular weight excluding hydrogens is 533 g/mol. The molecule has 2 nitrogen and oxygen atoms in total. The van der Waals surface area contributed by atoms with E-state index >= 15 is 0 Å². The summed E-state index contributed by atoms with van der Waals surface area (Å²) in [6.07, 6.45) is 1.87. The quantitative estimate of drug-likeness (QED) is 0.183. The Labute approximate surface area is 172 Å². The second kappa shape index (κ2) is 5.90. The molecule has 0 N–H and O–H groups in total. The summed E-state index contributed by atoms with van der Waals surface area (Å²) < 4.78 is 7.27. The standard InChI is InChI=1S/C22H10O2Se3/c23-19-14-7-11-3-1-2-4-12(11)8-15(14)20(24)16(19)9-13-10-18-22(26-13)21-17(27-18)5-6-25-21/h1-10H. The van der Waals surface area contributed by atoms with Crippen LogP contribution in [0.3, 0.4) is 0 Å². The number of Topliss-reactive ketones (excluding diaryl/α,β-unsaturated/α-hetero) is 2. The third kappa shape index (κ3) is 2.38. The number of hydrogen-bond acceptors (Lipinski definition) is 2. The molecule has 0 amide bonds. The van der Waals surface area contributed by atoms with E-state index in [-0.39, 0.29) is 26.1 Å². The molecular formula is C22H10O2Se3. The maximum absolute atomic E-state index is 12.9. The first-order valence-electron chi connectivity index (χ1n) is 8.42. The number of allylic oxidation sites excluding steroid dienone is 1. The van der Waals surface area contributed by atoms with Gasteiger partial charge in [-0.25, -0.2) is 0 Å². The molecule has 0 atom stereocenters. The van der Waals surface area contributed by atoms with Gasteiger partial charge in [-0.3, -0.25) is 0 Å². The van der Waals surface area contributed by atoms with E-state index in [2.05, 4.69) is 17.1 Å². The molecule has 27 heavy (non-hydrogen) atoms. The van der Waals surface area contributed by atoms with Crippen molar-refractivity contribution in [3.05, 3.63) is 74.6 Å². The van der Waals surface area contributed by atoms with E-state index in [4.69, 9.17) is 0 Å². The van der Waals surface area contributed by atoms with Crippen LogP contribution < -0.4 is 0 Å². The molecule has 3 aromatic heterocycles. The van der Waals surface area contributed by atoms with E-state index < -0.39 is 0 Å². The minimum atomic E-state index is -0.123. The monoisotopic (exact) mass is 546 g/mol. The molecule has 0 saturated carbocycles. The molecule has 1 aliphatic rings. The number of carbonyl (C=O) groups excluding carboxylic acids is 2. The Morgan fingerprint density at radius 3 is 2.15 bits per heavy atom. The normalized spacial score (nSPS) is 14.0. The van der Waals surface area contributed by atoms with Crippen molar-refractivity contribution in [1.29, 1.82) is 0 Å². The van der Waals surface area contributed by atoms with Crippen LogP contribution >= 0.6 is 0 Å². The fourth-order valence-electron chi connectivity index (χ4n) is 3.64. The van der Waals surface area contributed by atoms with Crippen LogP contribution in [-0.4, -0.2) is 55.1 Å². The zero-order valence-electron chi connectivity index (χ0n) is 13.8. The van der Waals surface area contributed by atoms with Gasteiger partial charge in [-0.1, -0.05) is 0 Å². The van der Waals surface area contributed by atoms with Gasteiger partial charge in [0.1, 0.15) is 0 Å². The van der Waals surface area contributed by atoms with Gasteiger partial charge in [-0.05, 0) is 0 Å². The molecule has 0 fully saturated rings. The summed E-state index contributed by atoms with van der Waals surface area (Å²) in [5.41, 5.74) is 1.44. The van der Waals surface area contributed by atoms with Crippen molar-refractivity contribution < 1.29 is 9.59 Å². The number of ketones is 2. The number of rotatable bonds is 1. The van der Waals surface area contributed by atoms with Crippen LogP contribution in [0, 0.1) is 0 Å². The molecule has 5 aromatic rings. The summed E-state index contributed by atoms with van der Waals surface area (Å²) in [7, 11) is 0.